The summed E-state index contributed by atoms with van der Waals surface area (Å²) in [5, 5.41) is 3.46. The van der Waals surface area contributed by atoms with Crippen molar-refractivity contribution >= 4 is 21.6 Å². The Morgan fingerprint density at radius 1 is 1.57 bits per heavy atom. The molecule has 1 heterocycles. The Bertz CT molecular complexity index is 276. The Labute approximate surface area is 94.3 Å². The Balaban J connectivity index is 2.47. The molecule has 0 aromatic carbocycles. The monoisotopic (exact) mass is 256 g/mol. The molecule has 0 bridgehead atoms. The predicted octanol–water partition coefficient (Wildman–Crippen LogP) is 3.83. The molecule has 0 fully saturated rings. The van der Waals surface area contributed by atoms with Crippen LogP contribution in [0.15, 0.2) is 22.9 Å². The van der Waals surface area contributed by atoms with Gasteiger partial charge in [0.15, 0.2) is 0 Å². The molecule has 0 radical (unpaired) electrons. The van der Waals surface area contributed by atoms with E-state index in [2.05, 4.69) is 40.1 Å². The smallest absolute Gasteiger partial charge is 0.0590 e. The summed E-state index contributed by atoms with van der Waals surface area (Å²) in [5.74, 6) is 0. The van der Waals surface area contributed by atoms with E-state index in [1.54, 1.807) is 6.20 Å². The molecule has 3 heteroatoms. The van der Waals surface area contributed by atoms with E-state index in [9.17, 15) is 0 Å². The number of anilines is 1. The van der Waals surface area contributed by atoms with Crippen molar-refractivity contribution in [1.29, 1.82) is 0 Å². The first-order valence-electron chi connectivity index (χ1n) is 5.10. The summed E-state index contributed by atoms with van der Waals surface area (Å²) in [5.41, 5.74) is 1.13. The molecule has 2 nitrogen and oxygen atoms in total. The predicted molar refractivity (Wildman–Crippen MR) is 64.5 cm³/mol. The number of rotatable bonds is 5. The zero-order valence-corrected chi connectivity index (χ0v) is 10.3. The van der Waals surface area contributed by atoms with E-state index < -0.39 is 0 Å². The Morgan fingerprint density at radius 2 is 2.36 bits per heavy atom. The molecule has 0 aliphatic heterocycles. The van der Waals surface area contributed by atoms with Crippen molar-refractivity contribution < 1.29 is 0 Å². The van der Waals surface area contributed by atoms with Gasteiger partial charge in [-0.25, -0.2) is 0 Å². The van der Waals surface area contributed by atoms with Crippen molar-refractivity contribution in [3.8, 4) is 0 Å². The molecular formula is C11H17BrN2. The van der Waals surface area contributed by atoms with Crippen LogP contribution in [0.3, 0.4) is 0 Å². The van der Waals surface area contributed by atoms with Gasteiger partial charge in [-0.1, -0.05) is 19.8 Å². The molecule has 1 unspecified atom stereocenters. The zero-order valence-electron chi connectivity index (χ0n) is 8.76. The minimum absolute atomic E-state index is 0.522. The number of nitrogens with zero attached hydrogens (tertiary/aromatic N) is 1. The minimum atomic E-state index is 0.522. The van der Waals surface area contributed by atoms with Crippen molar-refractivity contribution in [1.82, 2.24) is 4.98 Å². The molecule has 1 aromatic rings. The van der Waals surface area contributed by atoms with Gasteiger partial charge >= 0.3 is 0 Å². The number of halogens is 1. The molecule has 1 atom stereocenters. The fourth-order valence-corrected chi connectivity index (χ4v) is 1.71. The van der Waals surface area contributed by atoms with Gasteiger partial charge in [-0.3, -0.25) is 4.98 Å². The van der Waals surface area contributed by atoms with Crippen molar-refractivity contribution in [2.45, 2.75) is 39.2 Å². The average molecular weight is 257 g/mol. The molecule has 0 saturated carbocycles. The molecular weight excluding hydrogens is 240 g/mol. The molecule has 0 spiro atoms. The molecule has 1 rings (SSSR count). The van der Waals surface area contributed by atoms with Crippen LogP contribution in [0.25, 0.3) is 0 Å². The third-order valence-corrected chi connectivity index (χ3v) is 2.80. The topological polar surface area (TPSA) is 24.9 Å². The first kappa shape index (κ1) is 11.5. The van der Waals surface area contributed by atoms with Crippen LogP contribution < -0.4 is 5.32 Å². The minimum Gasteiger partial charge on any atom is -0.382 e. The van der Waals surface area contributed by atoms with Crippen LogP contribution in [0.2, 0.25) is 0 Å². The maximum atomic E-state index is 4.03. The Kier molecular flexibility index (Phi) is 4.94. The van der Waals surface area contributed by atoms with Crippen molar-refractivity contribution in [2.75, 3.05) is 5.32 Å². The summed E-state index contributed by atoms with van der Waals surface area (Å²) in [6.07, 6.45) is 7.36. The van der Waals surface area contributed by atoms with E-state index >= 15 is 0 Å². The van der Waals surface area contributed by atoms with Gasteiger partial charge in [0.1, 0.15) is 0 Å². The van der Waals surface area contributed by atoms with Gasteiger partial charge in [0, 0.05) is 18.4 Å². The van der Waals surface area contributed by atoms with Crippen molar-refractivity contribution in [2.24, 2.45) is 0 Å². The highest BCUT2D eigenvalue weighted by molar-refractivity contribution is 9.10. The van der Waals surface area contributed by atoms with E-state index in [1.165, 1.54) is 19.3 Å². The van der Waals surface area contributed by atoms with Crippen LogP contribution in [0.5, 0.6) is 0 Å². The molecule has 78 valence electrons. The molecule has 1 aromatic heterocycles. The lowest BCUT2D eigenvalue weighted by Gasteiger charge is -2.15. The third-order valence-electron chi connectivity index (χ3n) is 2.17. The number of aromatic nitrogens is 1. The fourth-order valence-electron chi connectivity index (χ4n) is 1.34. The van der Waals surface area contributed by atoms with Crippen LogP contribution in [0, 0.1) is 0 Å². The summed E-state index contributed by atoms with van der Waals surface area (Å²) in [6.45, 7) is 4.43. The van der Waals surface area contributed by atoms with Gasteiger partial charge in [-0.2, -0.15) is 0 Å². The lowest BCUT2D eigenvalue weighted by Crippen LogP contribution is -2.15. The van der Waals surface area contributed by atoms with E-state index in [-0.39, 0.29) is 0 Å². The largest absolute Gasteiger partial charge is 0.382 e. The van der Waals surface area contributed by atoms with Crippen molar-refractivity contribution in [3.05, 3.63) is 22.9 Å². The number of nitrogens with one attached hydrogen (secondary N) is 1. The van der Waals surface area contributed by atoms with E-state index in [4.69, 9.17) is 0 Å². The van der Waals surface area contributed by atoms with Gasteiger partial charge < -0.3 is 5.32 Å². The molecule has 0 saturated heterocycles. The number of pyridine rings is 1. The first-order chi connectivity index (χ1) is 6.74. The average Bonchev–Trinajstić information content (AvgIpc) is 2.18. The second-order valence-electron chi connectivity index (χ2n) is 3.54. The van der Waals surface area contributed by atoms with Gasteiger partial charge in [-0.15, -0.1) is 0 Å². The standard InChI is InChI=1S/C11H17BrN2/c1-3-4-5-9(2)14-11-6-7-13-8-10(11)12/h6-9H,3-5H2,1-2H3,(H,13,14). The molecule has 14 heavy (non-hydrogen) atoms. The van der Waals surface area contributed by atoms with Crippen LogP contribution in [-0.2, 0) is 0 Å². The summed E-state index contributed by atoms with van der Waals surface area (Å²) >= 11 is 3.47. The van der Waals surface area contributed by atoms with E-state index in [1.807, 2.05) is 12.3 Å². The number of unbranched alkanes of at least 4 members (excludes halogenated alkanes) is 1. The van der Waals surface area contributed by atoms with Crippen LogP contribution in [-0.4, -0.2) is 11.0 Å². The van der Waals surface area contributed by atoms with Gasteiger partial charge in [0.05, 0.1) is 10.2 Å². The quantitative estimate of drug-likeness (QED) is 0.866. The molecule has 0 amide bonds. The van der Waals surface area contributed by atoms with Gasteiger partial charge in [-0.05, 0) is 35.3 Å². The number of hydrogen-bond acceptors (Lipinski definition) is 2. The van der Waals surface area contributed by atoms with Gasteiger partial charge in [0.25, 0.3) is 0 Å². The molecule has 1 N–H and O–H groups in total. The summed E-state index contributed by atoms with van der Waals surface area (Å²) < 4.78 is 1.03. The summed E-state index contributed by atoms with van der Waals surface area (Å²) in [7, 11) is 0. The lowest BCUT2D eigenvalue weighted by atomic mass is 10.1. The maximum absolute atomic E-state index is 4.03. The van der Waals surface area contributed by atoms with E-state index in [0.29, 0.717) is 6.04 Å². The highest BCUT2D eigenvalue weighted by Gasteiger charge is 2.03. The highest BCUT2D eigenvalue weighted by Crippen LogP contribution is 2.21. The second kappa shape index (κ2) is 6.02. The number of hydrogen-bond donors (Lipinski definition) is 1. The first-order valence-corrected chi connectivity index (χ1v) is 5.89. The fraction of sp³-hybridized carbons (Fsp3) is 0.545. The van der Waals surface area contributed by atoms with E-state index in [0.717, 1.165) is 10.2 Å². The van der Waals surface area contributed by atoms with Crippen LogP contribution >= 0.6 is 15.9 Å². The molecule has 0 aliphatic carbocycles. The normalized spacial score (nSPS) is 12.5. The zero-order chi connectivity index (χ0) is 10.4. The summed E-state index contributed by atoms with van der Waals surface area (Å²) in [6, 6.07) is 2.51. The SMILES string of the molecule is CCCCC(C)Nc1ccncc1Br. The summed E-state index contributed by atoms with van der Waals surface area (Å²) in [4.78, 5) is 4.03. The Hall–Kier alpha value is -0.570. The third kappa shape index (κ3) is 3.66. The molecule has 0 aliphatic rings. The van der Waals surface area contributed by atoms with Crippen LogP contribution in [0.1, 0.15) is 33.1 Å². The Morgan fingerprint density at radius 3 is 3.00 bits per heavy atom. The van der Waals surface area contributed by atoms with Crippen LogP contribution in [0.4, 0.5) is 5.69 Å². The van der Waals surface area contributed by atoms with Gasteiger partial charge in [0.2, 0.25) is 0 Å². The highest BCUT2D eigenvalue weighted by atomic mass is 79.9. The van der Waals surface area contributed by atoms with Crippen molar-refractivity contribution in [3.63, 3.8) is 0 Å². The lowest BCUT2D eigenvalue weighted by molar-refractivity contribution is 0.645. The maximum Gasteiger partial charge on any atom is 0.0590 e. The second-order valence-corrected chi connectivity index (χ2v) is 4.40.